The van der Waals surface area contributed by atoms with E-state index in [2.05, 4.69) is 0 Å². The van der Waals surface area contributed by atoms with Crippen LogP contribution < -0.4 is 9.64 Å². The van der Waals surface area contributed by atoms with Crippen molar-refractivity contribution in [3.05, 3.63) is 99.4 Å². The number of ether oxygens (including phenoxy) is 1. The van der Waals surface area contributed by atoms with Crippen LogP contribution in [0, 0.1) is 0 Å². The third-order valence-electron chi connectivity index (χ3n) is 4.87. The summed E-state index contributed by atoms with van der Waals surface area (Å²) in [7, 11) is 0. The van der Waals surface area contributed by atoms with Gasteiger partial charge in [0.25, 0.3) is 5.91 Å². The Morgan fingerprint density at radius 2 is 1.75 bits per heavy atom. The number of Topliss-reactive ketones (excluding diaryl/α,β-unsaturated/α-hetero) is 1. The third-order valence-corrected chi connectivity index (χ3v) is 6.54. The van der Waals surface area contributed by atoms with Gasteiger partial charge in [0.1, 0.15) is 12.4 Å². The first kappa shape index (κ1) is 22.3. The van der Waals surface area contributed by atoms with Gasteiger partial charge in [0.2, 0.25) is 0 Å². The monoisotopic (exact) mass is 479 g/mol. The fraction of sp³-hybridized carbons (Fsp3) is 0.0800. The Bertz CT molecular complexity index is 1240. The van der Waals surface area contributed by atoms with Crippen LogP contribution in [0.25, 0.3) is 6.08 Å². The first-order valence-electron chi connectivity index (χ1n) is 9.78. The molecule has 1 aliphatic rings. The molecule has 0 bridgehead atoms. The highest BCUT2D eigenvalue weighted by Gasteiger charge is 2.33. The van der Waals surface area contributed by atoms with Crippen LogP contribution in [0.1, 0.15) is 28.4 Å². The van der Waals surface area contributed by atoms with Crippen molar-refractivity contribution in [1.82, 2.24) is 0 Å². The molecule has 0 atom stereocenters. The van der Waals surface area contributed by atoms with Crippen LogP contribution >= 0.6 is 35.6 Å². The van der Waals surface area contributed by atoms with Crippen molar-refractivity contribution in [2.45, 2.75) is 13.5 Å². The van der Waals surface area contributed by atoms with E-state index in [4.69, 9.17) is 28.6 Å². The Balaban J connectivity index is 1.57. The van der Waals surface area contributed by atoms with Gasteiger partial charge in [0.15, 0.2) is 10.1 Å². The SMILES string of the molecule is CC(=O)c1ccc(N2C(=O)/C(=C/c3ccccc3OCc3ccccc3Cl)SC2=S)cc1. The van der Waals surface area contributed by atoms with Gasteiger partial charge >= 0.3 is 0 Å². The molecule has 0 saturated carbocycles. The molecule has 32 heavy (non-hydrogen) atoms. The summed E-state index contributed by atoms with van der Waals surface area (Å²) in [6.45, 7) is 1.82. The molecule has 0 aliphatic carbocycles. The molecule has 160 valence electrons. The predicted molar refractivity (Wildman–Crippen MR) is 134 cm³/mol. The van der Waals surface area contributed by atoms with Gasteiger partial charge in [0.05, 0.1) is 10.6 Å². The number of carbonyl (C=O) groups excluding carboxylic acids is 2. The number of anilines is 1. The molecule has 1 aliphatic heterocycles. The van der Waals surface area contributed by atoms with Crippen molar-refractivity contribution < 1.29 is 14.3 Å². The van der Waals surface area contributed by atoms with E-state index in [1.807, 2.05) is 48.5 Å². The van der Waals surface area contributed by atoms with Gasteiger partial charge in [-0.25, -0.2) is 0 Å². The van der Waals surface area contributed by atoms with Crippen molar-refractivity contribution in [3.8, 4) is 5.75 Å². The summed E-state index contributed by atoms with van der Waals surface area (Å²) < 4.78 is 6.43. The van der Waals surface area contributed by atoms with Crippen LogP contribution in [-0.4, -0.2) is 16.0 Å². The number of carbonyl (C=O) groups is 2. The second kappa shape index (κ2) is 9.69. The van der Waals surface area contributed by atoms with Gasteiger partial charge < -0.3 is 4.74 Å². The number of rotatable bonds is 6. The van der Waals surface area contributed by atoms with Crippen molar-refractivity contribution in [2.24, 2.45) is 0 Å². The van der Waals surface area contributed by atoms with E-state index < -0.39 is 0 Å². The van der Waals surface area contributed by atoms with Gasteiger partial charge in [-0.3, -0.25) is 14.5 Å². The van der Waals surface area contributed by atoms with Crippen LogP contribution in [0.2, 0.25) is 5.02 Å². The molecule has 4 rings (SSSR count). The number of ketones is 1. The number of thioether (sulfide) groups is 1. The molecule has 0 N–H and O–H groups in total. The maximum Gasteiger partial charge on any atom is 0.270 e. The van der Waals surface area contributed by atoms with Crippen molar-refractivity contribution in [1.29, 1.82) is 0 Å². The summed E-state index contributed by atoms with van der Waals surface area (Å²) in [5.41, 5.74) is 2.86. The summed E-state index contributed by atoms with van der Waals surface area (Å²) in [5, 5.41) is 0.640. The Kier molecular flexibility index (Phi) is 6.74. The average Bonchev–Trinajstić information content (AvgIpc) is 3.07. The molecular weight excluding hydrogens is 462 g/mol. The zero-order valence-electron chi connectivity index (χ0n) is 17.1. The smallest absolute Gasteiger partial charge is 0.270 e. The zero-order chi connectivity index (χ0) is 22.7. The predicted octanol–water partition coefficient (Wildman–Crippen LogP) is 6.53. The number of halogens is 1. The van der Waals surface area contributed by atoms with Crippen molar-refractivity contribution >= 4 is 63.4 Å². The highest BCUT2D eigenvalue weighted by atomic mass is 35.5. The Morgan fingerprint density at radius 3 is 2.47 bits per heavy atom. The highest BCUT2D eigenvalue weighted by Crippen LogP contribution is 2.37. The van der Waals surface area contributed by atoms with E-state index >= 15 is 0 Å². The van der Waals surface area contributed by atoms with Gasteiger partial charge in [-0.1, -0.05) is 72.0 Å². The number of amides is 1. The molecule has 3 aromatic rings. The number of hydrogen-bond acceptors (Lipinski definition) is 5. The summed E-state index contributed by atoms with van der Waals surface area (Å²) >= 11 is 12.9. The highest BCUT2D eigenvalue weighted by molar-refractivity contribution is 8.27. The molecule has 1 heterocycles. The van der Waals surface area contributed by atoms with Crippen LogP contribution in [-0.2, 0) is 11.4 Å². The second-order valence-corrected chi connectivity index (χ2v) is 9.12. The summed E-state index contributed by atoms with van der Waals surface area (Å²) in [6, 6.07) is 21.8. The molecule has 3 aromatic carbocycles. The van der Waals surface area contributed by atoms with Crippen molar-refractivity contribution in [2.75, 3.05) is 4.90 Å². The number of hydrogen-bond donors (Lipinski definition) is 0. The molecule has 4 nitrogen and oxygen atoms in total. The summed E-state index contributed by atoms with van der Waals surface area (Å²) in [6.07, 6.45) is 1.78. The first-order valence-corrected chi connectivity index (χ1v) is 11.4. The molecule has 1 saturated heterocycles. The molecule has 7 heteroatoms. The lowest BCUT2D eigenvalue weighted by Gasteiger charge is -2.14. The maximum absolute atomic E-state index is 13.1. The van der Waals surface area contributed by atoms with Crippen LogP contribution in [0.5, 0.6) is 5.75 Å². The fourth-order valence-corrected chi connectivity index (χ4v) is 4.66. The van der Waals surface area contributed by atoms with E-state index in [0.29, 0.717) is 37.9 Å². The Hall–Kier alpha value is -2.93. The van der Waals surface area contributed by atoms with E-state index in [9.17, 15) is 9.59 Å². The summed E-state index contributed by atoms with van der Waals surface area (Å²) in [5.74, 6) is 0.398. The minimum Gasteiger partial charge on any atom is -0.488 e. The van der Waals surface area contributed by atoms with Crippen LogP contribution in [0.3, 0.4) is 0 Å². The van der Waals surface area contributed by atoms with Crippen LogP contribution in [0.15, 0.2) is 77.7 Å². The molecule has 0 unspecified atom stereocenters. The van der Waals surface area contributed by atoms with Gasteiger partial charge in [-0.2, -0.15) is 0 Å². The minimum absolute atomic E-state index is 0.0322. The van der Waals surface area contributed by atoms with Gasteiger partial charge in [-0.05, 0) is 49.4 Å². The number of benzene rings is 3. The average molecular weight is 480 g/mol. The standard InChI is InChI=1S/C25H18ClNO3S2/c1-16(28)17-10-12-20(13-11-17)27-24(29)23(32-25(27)31)14-18-6-3-5-9-22(18)30-15-19-7-2-4-8-21(19)26/h2-14H,15H2,1H3/b23-14-. The molecule has 0 radical (unpaired) electrons. The van der Waals surface area contributed by atoms with E-state index in [1.165, 1.54) is 23.6 Å². The van der Waals surface area contributed by atoms with E-state index in [1.54, 1.807) is 30.3 Å². The van der Waals surface area contributed by atoms with E-state index in [-0.39, 0.29) is 11.7 Å². The first-order chi connectivity index (χ1) is 15.4. The molecule has 0 spiro atoms. The third kappa shape index (κ3) is 4.78. The van der Waals surface area contributed by atoms with Crippen molar-refractivity contribution in [3.63, 3.8) is 0 Å². The number of nitrogens with zero attached hydrogens (tertiary/aromatic N) is 1. The normalized spacial score (nSPS) is 14.8. The molecule has 0 aromatic heterocycles. The molecular formula is C25H18ClNO3S2. The number of thiocarbonyl (C=S) groups is 1. The fourth-order valence-electron chi connectivity index (χ4n) is 3.18. The van der Waals surface area contributed by atoms with Crippen LogP contribution in [0.4, 0.5) is 5.69 Å². The topological polar surface area (TPSA) is 46.6 Å². The maximum atomic E-state index is 13.1. The van der Waals surface area contributed by atoms with Gasteiger partial charge in [-0.15, -0.1) is 0 Å². The Morgan fingerprint density at radius 1 is 1.06 bits per heavy atom. The lowest BCUT2D eigenvalue weighted by molar-refractivity contribution is -0.113. The Labute approximate surface area is 200 Å². The largest absolute Gasteiger partial charge is 0.488 e. The van der Waals surface area contributed by atoms with Gasteiger partial charge in [0, 0.05) is 21.7 Å². The number of para-hydroxylation sites is 1. The second-order valence-electron chi connectivity index (χ2n) is 7.04. The van der Waals surface area contributed by atoms with E-state index in [0.717, 1.165) is 11.1 Å². The molecule has 1 amide bonds. The summed E-state index contributed by atoms with van der Waals surface area (Å²) in [4.78, 5) is 26.6. The molecule has 1 fully saturated rings. The quantitative estimate of drug-likeness (QED) is 0.228. The zero-order valence-corrected chi connectivity index (χ0v) is 19.5. The lowest BCUT2D eigenvalue weighted by Crippen LogP contribution is -2.27. The lowest BCUT2D eigenvalue weighted by atomic mass is 10.1. The minimum atomic E-state index is -0.212.